The van der Waals surface area contributed by atoms with Crippen molar-refractivity contribution in [1.29, 1.82) is 0 Å². The van der Waals surface area contributed by atoms with Gasteiger partial charge in [-0.25, -0.2) is 0 Å². The molecule has 0 radical (unpaired) electrons. The van der Waals surface area contributed by atoms with Crippen molar-refractivity contribution in [2.45, 2.75) is 6.10 Å². The van der Waals surface area contributed by atoms with Gasteiger partial charge in [0.15, 0.2) is 0 Å². The first-order valence-corrected chi connectivity index (χ1v) is 7.62. The van der Waals surface area contributed by atoms with Crippen molar-refractivity contribution >= 4 is 47.1 Å². The molecule has 0 spiro atoms. The molecule has 8 heteroatoms. The number of hydrogen-bond donors (Lipinski definition) is 1. The second kappa shape index (κ2) is 8.80. The van der Waals surface area contributed by atoms with Gasteiger partial charge in [0.2, 0.25) is 0 Å². The number of morpholine rings is 1. The smallest absolute Gasteiger partial charge is 0.253 e. The molecule has 1 unspecified atom stereocenters. The van der Waals surface area contributed by atoms with E-state index in [1.54, 1.807) is 11.3 Å². The van der Waals surface area contributed by atoms with Gasteiger partial charge in [0.25, 0.3) is 5.91 Å². The molecule has 21 heavy (non-hydrogen) atoms. The average molecular weight is 354 g/mol. The summed E-state index contributed by atoms with van der Waals surface area (Å²) in [4.78, 5) is 16.6. The molecule has 3 rings (SSSR count). The van der Waals surface area contributed by atoms with Crippen LogP contribution in [-0.2, 0) is 9.53 Å². The molecule has 2 aliphatic rings. The maximum atomic E-state index is 12.3. The van der Waals surface area contributed by atoms with Crippen molar-refractivity contribution in [1.82, 2.24) is 10.2 Å². The van der Waals surface area contributed by atoms with E-state index >= 15 is 0 Å². The number of carbonyl (C=O) groups is 1. The molecule has 1 aromatic heterocycles. The summed E-state index contributed by atoms with van der Waals surface area (Å²) in [7, 11) is 0. The summed E-state index contributed by atoms with van der Waals surface area (Å²) in [6.07, 6.45) is -0.290. The minimum absolute atomic E-state index is 0. The highest BCUT2D eigenvalue weighted by Crippen LogP contribution is 2.22. The third-order valence-corrected chi connectivity index (χ3v) is 4.54. The Balaban J connectivity index is 0.00000110. The zero-order chi connectivity index (χ0) is 13.1. The van der Waals surface area contributed by atoms with Crippen molar-refractivity contribution in [3.8, 4) is 0 Å². The van der Waals surface area contributed by atoms with Gasteiger partial charge in [-0.05, 0) is 17.5 Å². The SMILES string of the molecule is Cl.Cl.O=C(C1CNCCO1)N1CCN(c2cccs2)CC1. The number of carbonyl (C=O) groups excluding carboxylic acids is 1. The third-order valence-electron chi connectivity index (χ3n) is 3.61. The van der Waals surface area contributed by atoms with E-state index < -0.39 is 0 Å². The fourth-order valence-corrected chi connectivity index (χ4v) is 3.31. The number of nitrogens with one attached hydrogen (secondary N) is 1. The van der Waals surface area contributed by atoms with Gasteiger partial charge in [-0.2, -0.15) is 0 Å². The summed E-state index contributed by atoms with van der Waals surface area (Å²) in [6, 6.07) is 4.20. The molecule has 1 amide bonds. The predicted octanol–water partition coefficient (Wildman–Crippen LogP) is 1.23. The molecular formula is C13H21Cl2N3O2S. The molecule has 1 N–H and O–H groups in total. The van der Waals surface area contributed by atoms with Crippen LogP contribution in [0, 0.1) is 0 Å². The number of halogens is 2. The Kier molecular flexibility index (Phi) is 7.76. The number of amides is 1. The Bertz CT molecular complexity index is 419. The lowest BCUT2D eigenvalue weighted by molar-refractivity contribution is -0.145. The molecule has 5 nitrogen and oxygen atoms in total. The van der Waals surface area contributed by atoms with Gasteiger partial charge in [0, 0.05) is 39.3 Å². The van der Waals surface area contributed by atoms with Gasteiger partial charge in [-0.15, -0.1) is 36.2 Å². The molecule has 3 heterocycles. The Morgan fingerprint density at radius 2 is 2.05 bits per heavy atom. The molecule has 1 aromatic rings. The summed E-state index contributed by atoms with van der Waals surface area (Å²) < 4.78 is 5.53. The minimum Gasteiger partial charge on any atom is -0.366 e. The van der Waals surface area contributed by atoms with E-state index in [9.17, 15) is 4.79 Å². The number of piperazine rings is 1. The van der Waals surface area contributed by atoms with Gasteiger partial charge in [0.05, 0.1) is 11.6 Å². The molecular weight excluding hydrogens is 333 g/mol. The van der Waals surface area contributed by atoms with E-state index in [-0.39, 0.29) is 36.8 Å². The molecule has 2 saturated heterocycles. The maximum Gasteiger partial charge on any atom is 0.253 e. The Morgan fingerprint density at radius 3 is 2.62 bits per heavy atom. The van der Waals surface area contributed by atoms with E-state index in [1.807, 2.05) is 4.90 Å². The first kappa shape index (κ1) is 18.5. The molecule has 2 aliphatic heterocycles. The van der Waals surface area contributed by atoms with Crippen LogP contribution in [0.3, 0.4) is 0 Å². The van der Waals surface area contributed by atoms with E-state index in [2.05, 4.69) is 27.7 Å². The van der Waals surface area contributed by atoms with Crippen LogP contribution in [0.1, 0.15) is 0 Å². The molecule has 0 saturated carbocycles. The predicted molar refractivity (Wildman–Crippen MR) is 90.2 cm³/mol. The molecule has 0 bridgehead atoms. The highest BCUT2D eigenvalue weighted by Gasteiger charge is 2.29. The Morgan fingerprint density at radius 1 is 1.29 bits per heavy atom. The van der Waals surface area contributed by atoms with Gasteiger partial charge in [-0.3, -0.25) is 4.79 Å². The minimum atomic E-state index is -0.290. The number of anilines is 1. The largest absolute Gasteiger partial charge is 0.366 e. The van der Waals surface area contributed by atoms with E-state index in [0.29, 0.717) is 13.2 Å². The van der Waals surface area contributed by atoms with Crippen LogP contribution < -0.4 is 10.2 Å². The van der Waals surface area contributed by atoms with Gasteiger partial charge < -0.3 is 19.9 Å². The van der Waals surface area contributed by atoms with Crippen LogP contribution >= 0.6 is 36.2 Å². The van der Waals surface area contributed by atoms with Crippen molar-refractivity contribution in [3.63, 3.8) is 0 Å². The van der Waals surface area contributed by atoms with Crippen LogP contribution in [0.2, 0.25) is 0 Å². The number of nitrogens with zero attached hydrogens (tertiary/aromatic N) is 2. The average Bonchev–Trinajstić information content (AvgIpc) is 3.02. The quantitative estimate of drug-likeness (QED) is 0.868. The zero-order valence-electron chi connectivity index (χ0n) is 11.7. The number of ether oxygens (including phenoxy) is 1. The van der Waals surface area contributed by atoms with Crippen molar-refractivity contribution in [3.05, 3.63) is 17.5 Å². The lowest BCUT2D eigenvalue weighted by atomic mass is 10.2. The standard InChI is InChI=1S/C13H19N3O2S.2ClH/c17-13(11-10-14-3-8-18-11)16-6-4-15(5-7-16)12-2-1-9-19-12;;/h1-2,9,11,14H,3-8,10H2;2*1H. The van der Waals surface area contributed by atoms with Gasteiger partial charge >= 0.3 is 0 Å². The Hall–Kier alpha value is -0.530. The summed E-state index contributed by atoms with van der Waals surface area (Å²) in [6.45, 7) is 5.51. The zero-order valence-corrected chi connectivity index (χ0v) is 14.1. The maximum absolute atomic E-state index is 12.3. The van der Waals surface area contributed by atoms with Gasteiger partial charge in [-0.1, -0.05) is 0 Å². The van der Waals surface area contributed by atoms with Crippen LogP contribution in [0.25, 0.3) is 0 Å². The van der Waals surface area contributed by atoms with Crippen molar-refractivity contribution in [2.75, 3.05) is 50.8 Å². The summed E-state index contributed by atoms with van der Waals surface area (Å²) in [5.41, 5.74) is 0. The molecule has 120 valence electrons. The van der Waals surface area contributed by atoms with Crippen LogP contribution in [0.4, 0.5) is 5.00 Å². The first-order chi connectivity index (χ1) is 9.34. The van der Waals surface area contributed by atoms with Crippen LogP contribution in [0.15, 0.2) is 17.5 Å². The number of rotatable bonds is 2. The third kappa shape index (κ3) is 4.47. The number of thiophene rings is 1. The topological polar surface area (TPSA) is 44.8 Å². The number of hydrogen-bond acceptors (Lipinski definition) is 5. The lowest BCUT2D eigenvalue weighted by Crippen LogP contribution is -2.55. The summed E-state index contributed by atoms with van der Waals surface area (Å²) >= 11 is 1.75. The fourth-order valence-electron chi connectivity index (χ4n) is 2.52. The Labute approximate surface area is 141 Å². The fraction of sp³-hybridized carbons (Fsp3) is 0.615. The molecule has 2 fully saturated rings. The van der Waals surface area contributed by atoms with E-state index in [1.165, 1.54) is 5.00 Å². The van der Waals surface area contributed by atoms with Crippen LogP contribution in [-0.4, -0.2) is 62.8 Å². The highest BCUT2D eigenvalue weighted by atomic mass is 35.5. The monoisotopic (exact) mass is 353 g/mol. The summed E-state index contributed by atoms with van der Waals surface area (Å²) in [5, 5.41) is 6.59. The summed E-state index contributed by atoms with van der Waals surface area (Å²) in [5.74, 6) is 0.137. The molecule has 1 atom stereocenters. The van der Waals surface area contributed by atoms with Crippen molar-refractivity contribution < 1.29 is 9.53 Å². The lowest BCUT2D eigenvalue weighted by Gasteiger charge is -2.37. The van der Waals surface area contributed by atoms with E-state index in [4.69, 9.17) is 4.74 Å². The molecule has 0 aliphatic carbocycles. The van der Waals surface area contributed by atoms with E-state index in [0.717, 1.165) is 32.7 Å². The van der Waals surface area contributed by atoms with Crippen molar-refractivity contribution in [2.24, 2.45) is 0 Å². The normalized spacial score (nSPS) is 22.2. The molecule has 0 aromatic carbocycles. The van der Waals surface area contributed by atoms with Gasteiger partial charge in [0.1, 0.15) is 6.10 Å². The second-order valence-corrected chi connectivity index (χ2v) is 5.75. The van der Waals surface area contributed by atoms with Crippen LogP contribution in [0.5, 0.6) is 0 Å². The first-order valence-electron chi connectivity index (χ1n) is 6.74. The highest BCUT2D eigenvalue weighted by molar-refractivity contribution is 7.14. The second-order valence-electron chi connectivity index (χ2n) is 4.83.